The van der Waals surface area contributed by atoms with Crippen LogP contribution in [0.4, 0.5) is 0 Å². The highest BCUT2D eigenvalue weighted by molar-refractivity contribution is 5.95. The smallest absolute Gasteiger partial charge is 0.303 e. The number of hydrogen-bond acceptors (Lipinski definition) is 3. The molecular weight excluding hydrogens is 234 g/mol. The van der Waals surface area contributed by atoms with Gasteiger partial charge in [-0.2, -0.15) is 0 Å². The van der Waals surface area contributed by atoms with E-state index in [2.05, 4.69) is 0 Å². The molecule has 1 amide bonds. The molecule has 2 rings (SSSR count). The summed E-state index contributed by atoms with van der Waals surface area (Å²) in [5, 5.41) is 8.80. The molecule has 5 nitrogen and oxygen atoms in total. The van der Waals surface area contributed by atoms with Crippen molar-refractivity contribution in [3.63, 3.8) is 0 Å². The first-order valence-corrected chi connectivity index (χ1v) is 6.13. The topological polar surface area (TPSA) is 70.8 Å². The number of likely N-dealkylation sites (tertiary alicyclic amines) is 1. The molecule has 1 atom stereocenters. The molecule has 0 spiro atoms. The summed E-state index contributed by atoms with van der Waals surface area (Å²) in [6.45, 7) is 2.97. The fraction of sp³-hybridized carbons (Fsp3) is 0.538. The molecule has 0 radical (unpaired) electrons. The lowest BCUT2D eigenvalue weighted by atomic mass is 9.94. The Morgan fingerprint density at radius 3 is 2.94 bits per heavy atom. The van der Waals surface area contributed by atoms with E-state index in [0.29, 0.717) is 24.4 Å². The van der Waals surface area contributed by atoms with Gasteiger partial charge in [-0.1, -0.05) is 0 Å². The van der Waals surface area contributed by atoms with Crippen LogP contribution in [0.2, 0.25) is 0 Å². The molecule has 1 aromatic rings. The summed E-state index contributed by atoms with van der Waals surface area (Å²) in [5.41, 5.74) is 0.575. The molecule has 18 heavy (non-hydrogen) atoms. The third kappa shape index (κ3) is 2.72. The molecule has 0 aromatic carbocycles. The number of furan rings is 1. The zero-order chi connectivity index (χ0) is 13.1. The summed E-state index contributed by atoms with van der Waals surface area (Å²) in [4.78, 5) is 24.7. The van der Waals surface area contributed by atoms with Crippen LogP contribution in [0.5, 0.6) is 0 Å². The van der Waals surface area contributed by atoms with Crippen molar-refractivity contribution < 1.29 is 19.1 Å². The van der Waals surface area contributed by atoms with Gasteiger partial charge in [0.15, 0.2) is 0 Å². The minimum absolute atomic E-state index is 0.0589. The first-order valence-electron chi connectivity index (χ1n) is 6.13. The molecule has 0 aliphatic carbocycles. The van der Waals surface area contributed by atoms with Crippen LogP contribution in [0.15, 0.2) is 16.7 Å². The van der Waals surface area contributed by atoms with Crippen LogP contribution < -0.4 is 0 Å². The van der Waals surface area contributed by atoms with E-state index in [4.69, 9.17) is 9.52 Å². The maximum atomic E-state index is 12.2. The Labute approximate surface area is 105 Å². The minimum atomic E-state index is -0.797. The maximum absolute atomic E-state index is 12.2. The van der Waals surface area contributed by atoms with Gasteiger partial charge >= 0.3 is 5.97 Å². The maximum Gasteiger partial charge on any atom is 0.303 e. The number of rotatable bonds is 3. The second kappa shape index (κ2) is 5.25. The van der Waals surface area contributed by atoms with E-state index in [1.807, 2.05) is 0 Å². The van der Waals surface area contributed by atoms with Gasteiger partial charge in [0.2, 0.25) is 0 Å². The zero-order valence-electron chi connectivity index (χ0n) is 10.4. The number of carbonyl (C=O) groups is 2. The van der Waals surface area contributed by atoms with Gasteiger partial charge in [-0.25, -0.2) is 0 Å². The summed E-state index contributed by atoms with van der Waals surface area (Å²) < 4.78 is 5.13. The number of carboxylic acids is 1. The number of carboxylic acid groups (broad SMARTS) is 1. The monoisotopic (exact) mass is 251 g/mol. The van der Waals surface area contributed by atoms with Crippen LogP contribution in [0, 0.1) is 12.8 Å². The number of piperidine rings is 1. The predicted octanol–water partition coefficient (Wildman–Crippen LogP) is 1.91. The number of aryl methyl sites for hydroxylation is 1. The Kier molecular flexibility index (Phi) is 3.69. The lowest BCUT2D eigenvalue weighted by Gasteiger charge is -2.32. The molecule has 1 aromatic heterocycles. The predicted molar refractivity (Wildman–Crippen MR) is 64.3 cm³/mol. The third-order valence-electron chi connectivity index (χ3n) is 3.36. The fourth-order valence-electron chi connectivity index (χ4n) is 2.44. The molecule has 1 saturated heterocycles. The van der Waals surface area contributed by atoms with Gasteiger partial charge in [-0.05, 0) is 31.7 Å². The van der Waals surface area contributed by atoms with E-state index in [0.717, 1.165) is 12.8 Å². The Bertz CT molecular complexity index is 452. The summed E-state index contributed by atoms with van der Waals surface area (Å²) in [6.07, 6.45) is 3.37. The van der Waals surface area contributed by atoms with E-state index in [1.165, 1.54) is 6.26 Å². The quantitative estimate of drug-likeness (QED) is 0.890. The molecule has 0 bridgehead atoms. The van der Waals surface area contributed by atoms with Crippen molar-refractivity contribution in [2.75, 3.05) is 13.1 Å². The Morgan fingerprint density at radius 1 is 1.56 bits per heavy atom. The summed E-state index contributed by atoms with van der Waals surface area (Å²) in [7, 11) is 0. The number of hydrogen-bond donors (Lipinski definition) is 1. The van der Waals surface area contributed by atoms with E-state index < -0.39 is 5.97 Å². The molecule has 0 saturated carbocycles. The van der Waals surface area contributed by atoms with Crippen molar-refractivity contribution in [1.82, 2.24) is 4.90 Å². The average Bonchev–Trinajstić information content (AvgIpc) is 2.74. The van der Waals surface area contributed by atoms with Crippen LogP contribution in [-0.4, -0.2) is 35.0 Å². The Balaban J connectivity index is 2.03. The highest BCUT2D eigenvalue weighted by Crippen LogP contribution is 2.22. The van der Waals surface area contributed by atoms with E-state index in [-0.39, 0.29) is 18.2 Å². The first-order chi connectivity index (χ1) is 8.58. The number of carbonyl (C=O) groups excluding carboxylic acids is 1. The normalized spacial score (nSPS) is 19.8. The van der Waals surface area contributed by atoms with Crippen molar-refractivity contribution in [1.29, 1.82) is 0 Å². The molecule has 1 fully saturated rings. The molecule has 98 valence electrons. The van der Waals surface area contributed by atoms with E-state index >= 15 is 0 Å². The van der Waals surface area contributed by atoms with Gasteiger partial charge in [0, 0.05) is 19.5 Å². The number of nitrogens with zero attached hydrogens (tertiary/aromatic N) is 1. The molecule has 1 N–H and O–H groups in total. The lowest BCUT2D eigenvalue weighted by molar-refractivity contribution is -0.138. The third-order valence-corrected chi connectivity index (χ3v) is 3.36. The minimum Gasteiger partial charge on any atom is -0.481 e. The second-order valence-electron chi connectivity index (χ2n) is 4.75. The van der Waals surface area contributed by atoms with Crippen molar-refractivity contribution in [2.45, 2.75) is 26.2 Å². The standard InChI is InChI=1S/C13H17NO4/c1-9-11(4-6-18-9)13(17)14-5-2-3-10(8-14)7-12(15)16/h4,6,10H,2-3,5,7-8H2,1H3,(H,15,16). The van der Waals surface area contributed by atoms with E-state index in [9.17, 15) is 9.59 Å². The Morgan fingerprint density at radius 2 is 2.33 bits per heavy atom. The van der Waals surface area contributed by atoms with Crippen LogP contribution in [0.1, 0.15) is 35.4 Å². The van der Waals surface area contributed by atoms with Gasteiger partial charge < -0.3 is 14.4 Å². The van der Waals surface area contributed by atoms with Crippen molar-refractivity contribution >= 4 is 11.9 Å². The van der Waals surface area contributed by atoms with Gasteiger partial charge in [0.05, 0.1) is 11.8 Å². The number of amides is 1. The SMILES string of the molecule is Cc1occc1C(=O)N1CCCC(CC(=O)O)C1. The summed E-state index contributed by atoms with van der Waals surface area (Å²) in [6, 6.07) is 1.67. The zero-order valence-corrected chi connectivity index (χ0v) is 10.4. The molecule has 1 unspecified atom stereocenters. The van der Waals surface area contributed by atoms with E-state index in [1.54, 1.807) is 17.9 Å². The van der Waals surface area contributed by atoms with Crippen LogP contribution in [0.3, 0.4) is 0 Å². The highest BCUT2D eigenvalue weighted by Gasteiger charge is 2.27. The van der Waals surface area contributed by atoms with Crippen molar-refractivity contribution in [3.05, 3.63) is 23.7 Å². The largest absolute Gasteiger partial charge is 0.481 e. The van der Waals surface area contributed by atoms with Gasteiger partial charge in [-0.3, -0.25) is 9.59 Å². The number of aliphatic carboxylic acids is 1. The van der Waals surface area contributed by atoms with Gasteiger partial charge in [0.25, 0.3) is 5.91 Å². The van der Waals surface area contributed by atoms with Crippen molar-refractivity contribution in [3.8, 4) is 0 Å². The lowest BCUT2D eigenvalue weighted by Crippen LogP contribution is -2.40. The molecule has 1 aliphatic rings. The molecule has 1 aliphatic heterocycles. The van der Waals surface area contributed by atoms with Gasteiger partial charge in [-0.15, -0.1) is 0 Å². The highest BCUT2D eigenvalue weighted by atomic mass is 16.4. The molecular formula is C13H17NO4. The van der Waals surface area contributed by atoms with Crippen molar-refractivity contribution in [2.24, 2.45) is 5.92 Å². The van der Waals surface area contributed by atoms with Crippen LogP contribution in [0.25, 0.3) is 0 Å². The average molecular weight is 251 g/mol. The van der Waals surface area contributed by atoms with Crippen LogP contribution in [-0.2, 0) is 4.79 Å². The van der Waals surface area contributed by atoms with Gasteiger partial charge in [0.1, 0.15) is 5.76 Å². The molecule has 2 heterocycles. The summed E-state index contributed by atoms with van der Waals surface area (Å²) >= 11 is 0. The second-order valence-corrected chi connectivity index (χ2v) is 4.75. The molecule has 5 heteroatoms. The summed E-state index contributed by atoms with van der Waals surface area (Å²) in [5.74, 6) is -0.183. The van der Waals surface area contributed by atoms with Crippen LogP contribution >= 0.6 is 0 Å². The fourth-order valence-corrected chi connectivity index (χ4v) is 2.44. The first kappa shape index (κ1) is 12.7. The Hall–Kier alpha value is -1.78.